The first-order valence-corrected chi connectivity index (χ1v) is 14.0. The molecular weight excluding hydrogens is 640 g/mol. The van der Waals surface area contributed by atoms with E-state index in [0.29, 0.717) is 0 Å². The largest absolute Gasteiger partial charge is 0.479 e. The van der Waals surface area contributed by atoms with Crippen molar-refractivity contribution in [2.45, 2.75) is 117 Å². The van der Waals surface area contributed by atoms with Crippen LogP contribution in [0, 0.1) is 0 Å². The van der Waals surface area contributed by atoms with E-state index in [0.717, 1.165) is 0 Å². The number of carbonyl (C=O) groups is 1. The van der Waals surface area contributed by atoms with Crippen molar-refractivity contribution < 1.29 is 110 Å². The molecule has 0 unspecified atom stereocenters. The van der Waals surface area contributed by atoms with E-state index in [4.69, 9.17) is 33.5 Å². The van der Waals surface area contributed by atoms with Crippen LogP contribution in [-0.2, 0) is 33.2 Å². The Bertz CT molecular complexity index is 944. The van der Waals surface area contributed by atoms with Gasteiger partial charge >= 0.3 is 5.97 Å². The Labute approximate surface area is 259 Å². The van der Waals surface area contributed by atoms with E-state index in [2.05, 4.69) is 0 Å². The van der Waals surface area contributed by atoms with Crippen molar-refractivity contribution >= 4 is 5.97 Å². The first kappa shape index (κ1) is 39.1. The summed E-state index contributed by atoms with van der Waals surface area (Å²) in [5.41, 5.74) is 0. The van der Waals surface area contributed by atoms with Crippen LogP contribution in [0.2, 0.25) is 0 Å². The fourth-order valence-electron chi connectivity index (χ4n) is 4.92. The predicted molar refractivity (Wildman–Crippen MR) is 137 cm³/mol. The highest BCUT2D eigenvalue weighted by molar-refractivity contribution is 5.73. The zero-order valence-electron chi connectivity index (χ0n) is 23.9. The summed E-state index contributed by atoms with van der Waals surface area (Å²) in [6.45, 7) is -3.63. The Morgan fingerprint density at radius 3 is 1.65 bits per heavy atom. The minimum absolute atomic E-state index is 0.785. The summed E-state index contributed by atoms with van der Waals surface area (Å²) in [5.74, 6) is -1.71. The quantitative estimate of drug-likeness (QED) is 0.0808. The van der Waals surface area contributed by atoms with Crippen molar-refractivity contribution in [1.29, 1.82) is 0 Å². The van der Waals surface area contributed by atoms with Crippen LogP contribution in [0.25, 0.3) is 0 Å². The van der Waals surface area contributed by atoms with Gasteiger partial charge in [0.2, 0.25) is 0 Å². The van der Waals surface area contributed by atoms with Crippen LogP contribution >= 0.6 is 0 Å². The summed E-state index contributed by atoms with van der Waals surface area (Å²) < 4.78 is 31.2. The normalized spacial score (nSPS) is 44.7. The van der Waals surface area contributed by atoms with Crippen molar-refractivity contribution in [3.63, 3.8) is 0 Å². The second-order valence-electron chi connectivity index (χ2n) is 11.0. The Morgan fingerprint density at radius 2 is 1.11 bits per heavy atom. The van der Waals surface area contributed by atoms with Gasteiger partial charge in [0.15, 0.2) is 25.0 Å². The zero-order valence-corrected chi connectivity index (χ0v) is 23.9. The Kier molecular flexibility index (Phi) is 14.3. The lowest BCUT2D eigenvalue weighted by Gasteiger charge is -2.44. The number of aliphatic carboxylic acids is 1. The number of carboxylic acid groups (broad SMARTS) is 1. The van der Waals surface area contributed by atoms with E-state index in [9.17, 15) is 76.3 Å². The fourth-order valence-corrected chi connectivity index (χ4v) is 4.92. The smallest absolute Gasteiger partial charge is 0.335 e. The molecule has 0 amide bonds. The Morgan fingerprint density at radius 1 is 0.609 bits per heavy atom. The molecule has 22 heteroatoms. The summed E-state index contributed by atoms with van der Waals surface area (Å²) in [6.07, 6.45) is -36.5. The minimum Gasteiger partial charge on any atom is -0.479 e. The van der Waals surface area contributed by atoms with E-state index in [1.165, 1.54) is 0 Å². The van der Waals surface area contributed by atoms with Crippen molar-refractivity contribution in [2.24, 2.45) is 0 Å². The van der Waals surface area contributed by atoms with Gasteiger partial charge in [-0.2, -0.15) is 0 Å². The lowest BCUT2D eigenvalue weighted by Crippen LogP contribution is -2.63. The van der Waals surface area contributed by atoms with Gasteiger partial charge in [0.05, 0.1) is 26.4 Å². The monoisotopic (exact) mass is 682 g/mol. The molecule has 3 aliphatic rings. The van der Waals surface area contributed by atoms with Crippen LogP contribution in [0.1, 0.15) is 0 Å². The molecule has 0 radical (unpaired) electrons. The summed E-state index contributed by atoms with van der Waals surface area (Å²) >= 11 is 0. The van der Waals surface area contributed by atoms with Gasteiger partial charge in [-0.1, -0.05) is 0 Å². The second kappa shape index (κ2) is 16.9. The van der Waals surface area contributed by atoms with Gasteiger partial charge in [0.1, 0.15) is 91.6 Å². The molecule has 15 N–H and O–H groups in total. The summed E-state index contributed by atoms with van der Waals surface area (Å²) in [6, 6.07) is 0. The minimum atomic E-state index is -2.19. The molecule has 3 fully saturated rings. The van der Waals surface area contributed by atoms with E-state index in [1.54, 1.807) is 0 Å². The third-order valence-electron chi connectivity index (χ3n) is 7.77. The molecule has 0 spiro atoms. The van der Waals surface area contributed by atoms with Gasteiger partial charge in [0.25, 0.3) is 0 Å². The number of ether oxygens (including phenoxy) is 6. The summed E-state index contributed by atoms with van der Waals surface area (Å²) in [5, 5.41) is 150. The molecule has 270 valence electrons. The van der Waals surface area contributed by atoms with Gasteiger partial charge in [-0.25, -0.2) is 4.79 Å². The molecule has 0 aromatic rings. The fraction of sp³-hybridized carbons (Fsp3) is 0.958. The lowest BCUT2D eigenvalue weighted by molar-refractivity contribution is -0.343. The second-order valence-corrected chi connectivity index (χ2v) is 11.0. The van der Waals surface area contributed by atoms with Gasteiger partial charge in [-0.3, -0.25) is 0 Å². The van der Waals surface area contributed by atoms with Gasteiger partial charge in [0, 0.05) is 0 Å². The van der Waals surface area contributed by atoms with Gasteiger partial charge in [-0.05, 0) is 0 Å². The Balaban J connectivity index is 1.66. The molecule has 3 aliphatic heterocycles. The van der Waals surface area contributed by atoms with Gasteiger partial charge < -0.3 is 105 Å². The maximum Gasteiger partial charge on any atom is 0.335 e. The van der Waals surface area contributed by atoms with Crippen LogP contribution in [-0.4, -0.2) is 226 Å². The van der Waals surface area contributed by atoms with Crippen LogP contribution in [0.5, 0.6) is 0 Å². The number of hydrogen-bond donors (Lipinski definition) is 15. The standard InChI is InChI=1S/C24H42O22/c25-1-5(27)19(9(29)6(28)3-41-22-16(36)12(32)10(30)7(2-26)43-22)45-24-18(38)13(33)11(31)8(44-24)4-42-23-17(37)14(34)15(35)20(46-23)21(39)40/h5-20,22-38H,1-4H2,(H,39,40)/t5-,6-,7-,8-,9-,10-,11-,12+,13+,14+,15+,16-,17-,18+,19-,20+,22+,23-,24-/m1/s1. The molecule has 3 heterocycles. The maximum absolute atomic E-state index is 11.3. The molecular formula is C24H42O22. The highest BCUT2D eigenvalue weighted by Crippen LogP contribution is 2.28. The first-order valence-electron chi connectivity index (χ1n) is 14.0. The summed E-state index contributed by atoms with van der Waals surface area (Å²) in [7, 11) is 0. The van der Waals surface area contributed by atoms with Crippen LogP contribution in [0.4, 0.5) is 0 Å². The van der Waals surface area contributed by atoms with E-state index in [-0.39, 0.29) is 0 Å². The number of aliphatic hydroxyl groups is 14. The van der Waals surface area contributed by atoms with E-state index < -0.39 is 149 Å². The highest BCUT2D eigenvalue weighted by Gasteiger charge is 2.51. The number of hydrogen-bond acceptors (Lipinski definition) is 21. The SMILES string of the molecule is O=C(O)[C@H]1O[C@@H](OC[C@H]2O[C@H](O[C@@H]([C@H](O)[C@H](O)CO[C@H]3O[C@H](CO)[C@@H](O)[C@H](O)[C@H]3O)[C@H](O)CO)[C@@H](O)[C@@H](O)[C@@H]2O)[C@H](O)[C@@H](O)[C@@H]1O. The van der Waals surface area contributed by atoms with Gasteiger partial charge in [-0.15, -0.1) is 0 Å². The third kappa shape index (κ3) is 8.63. The number of aliphatic hydroxyl groups excluding tert-OH is 14. The average molecular weight is 683 g/mol. The van der Waals surface area contributed by atoms with Crippen molar-refractivity contribution in [3.8, 4) is 0 Å². The molecule has 0 aromatic carbocycles. The third-order valence-corrected chi connectivity index (χ3v) is 7.77. The molecule has 0 bridgehead atoms. The highest BCUT2D eigenvalue weighted by atomic mass is 16.7. The molecule has 0 aliphatic carbocycles. The molecule has 3 saturated heterocycles. The molecule has 3 rings (SSSR count). The molecule has 22 nitrogen and oxygen atoms in total. The van der Waals surface area contributed by atoms with E-state index >= 15 is 0 Å². The maximum atomic E-state index is 11.3. The molecule has 19 atom stereocenters. The number of carboxylic acids is 1. The van der Waals surface area contributed by atoms with Crippen molar-refractivity contribution in [1.82, 2.24) is 0 Å². The summed E-state index contributed by atoms with van der Waals surface area (Å²) in [4.78, 5) is 11.3. The first-order chi connectivity index (χ1) is 21.5. The van der Waals surface area contributed by atoms with Crippen molar-refractivity contribution in [3.05, 3.63) is 0 Å². The lowest BCUT2D eigenvalue weighted by atomic mass is 9.97. The average Bonchev–Trinajstić information content (AvgIpc) is 3.03. The van der Waals surface area contributed by atoms with Crippen LogP contribution in [0.3, 0.4) is 0 Å². The molecule has 0 saturated carbocycles. The topological polar surface area (TPSA) is 376 Å². The van der Waals surface area contributed by atoms with E-state index in [1.807, 2.05) is 0 Å². The molecule has 0 aromatic heterocycles. The number of rotatable bonds is 14. The Hall–Kier alpha value is -1.33. The molecule has 46 heavy (non-hydrogen) atoms. The zero-order chi connectivity index (χ0) is 34.6. The van der Waals surface area contributed by atoms with Crippen molar-refractivity contribution in [2.75, 3.05) is 26.4 Å². The van der Waals surface area contributed by atoms with Crippen LogP contribution < -0.4 is 0 Å². The van der Waals surface area contributed by atoms with Crippen LogP contribution in [0.15, 0.2) is 0 Å². The predicted octanol–water partition coefficient (Wildman–Crippen LogP) is -10.0.